The number of nitrogens with zero attached hydrogens (tertiary/aromatic N) is 2. The normalized spacial score (nSPS) is 27.0. The Bertz CT molecular complexity index is 2340. The number of carbonyl (C=O) groups is 4. The van der Waals surface area contributed by atoms with E-state index in [4.69, 9.17) is 11.6 Å². The Morgan fingerprint density at radius 3 is 2.09 bits per heavy atom. The van der Waals surface area contributed by atoms with Gasteiger partial charge in [-0.25, -0.2) is 14.2 Å². The number of benzene rings is 4. The van der Waals surface area contributed by atoms with Crippen molar-refractivity contribution in [2.75, 3.05) is 9.80 Å². The quantitative estimate of drug-likeness (QED) is 0.128. The summed E-state index contributed by atoms with van der Waals surface area (Å²) in [6.07, 6.45) is -9.27. The summed E-state index contributed by atoms with van der Waals surface area (Å²) in [5.41, 5.74) is -5.37. The lowest BCUT2D eigenvalue weighted by atomic mass is 9.51. The van der Waals surface area contributed by atoms with Crippen LogP contribution in [0.5, 0.6) is 5.75 Å². The van der Waals surface area contributed by atoms with Gasteiger partial charge in [-0.1, -0.05) is 59.6 Å². The Labute approximate surface area is 306 Å². The molecule has 2 aliphatic heterocycles. The van der Waals surface area contributed by atoms with E-state index in [2.05, 4.69) is 0 Å². The summed E-state index contributed by atoms with van der Waals surface area (Å²) in [5, 5.41) is 12.5. The number of phenols is 1. The van der Waals surface area contributed by atoms with Crippen molar-refractivity contribution in [3.63, 3.8) is 0 Å². The number of phenolic OH excluding ortho intramolecular Hbond substituents is 1. The third-order valence-corrected chi connectivity index (χ3v) is 11.8. The van der Waals surface area contributed by atoms with Crippen LogP contribution in [0.15, 0.2) is 84.4 Å². The van der Waals surface area contributed by atoms with E-state index >= 15 is 0 Å². The van der Waals surface area contributed by atoms with Gasteiger partial charge in [0.05, 0.1) is 50.7 Å². The number of anilines is 2. The Hall–Kier alpha value is -5.24. The van der Waals surface area contributed by atoms with E-state index in [9.17, 15) is 55.0 Å². The second kappa shape index (κ2) is 11.9. The average Bonchev–Trinajstić information content (AvgIpc) is 3.48. The first-order valence-electron chi connectivity index (χ1n) is 16.7. The standard InChI is InChI=1S/C39H26ClF7N2O5/c1-37-27(34(52)49(36(37)54)20-7-11-29(41)28(40)15-20)16-26-23(31(37)25-8-6-17-4-2-3-5-22(17)32(25)50)9-10-24-30(26)35(53)48(33(24)51)21-13-18(38(42,43)44)12-19(14-21)39(45,46)47/h2-9,11-15,24,26-27,30-31,50H,10,16H2,1H3. The number of hydrogen-bond donors (Lipinski definition) is 1. The third-order valence-electron chi connectivity index (χ3n) is 11.5. The average molecular weight is 771 g/mol. The molecular formula is C39H26ClF7N2O5. The second-order valence-corrected chi connectivity index (χ2v) is 14.7. The Morgan fingerprint density at radius 2 is 1.44 bits per heavy atom. The third kappa shape index (κ3) is 5.09. The van der Waals surface area contributed by atoms with Crippen LogP contribution in [-0.2, 0) is 31.5 Å². The molecule has 4 aliphatic rings. The smallest absolute Gasteiger partial charge is 0.416 e. The maximum absolute atomic E-state index is 14.7. The number of carbonyl (C=O) groups excluding carboxylic acids is 4. The van der Waals surface area contributed by atoms with E-state index in [1.807, 2.05) is 0 Å². The number of fused-ring (bicyclic) bond motifs is 5. The van der Waals surface area contributed by atoms with E-state index in [1.165, 1.54) is 6.07 Å². The maximum Gasteiger partial charge on any atom is 0.416 e. The zero-order valence-electron chi connectivity index (χ0n) is 27.8. The van der Waals surface area contributed by atoms with E-state index in [-0.39, 0.29) is 40.9 Å². The molecular weight excluding hydrogens is 745 g/mol. The van der Waals surface area contributed by atoms with E-state index in [0.717, 1.165) is 17.0 Å². The van der Waals surface area contributed by atoms with Crippen molar-refractivity contribution in [1.29, 1.82) is 0 Å². The summed E-state index contributed by atoms with van der Waals surface area (Å²) in [4.78, 5) is 58.5. The van der Waals surface area contributed by atoms with Crippen LogP contribution in [-0.4, -0.2) is 28.7 Å². The molecule has 15 heteroatoms. The van der Waals surface area contributed by atoms with Crippen molar-refractivity contribution in [2.24, 2.45) is 29.1 Å². The molecule has 1 saturated carbocycles. The molecule has 0 spiro atoms. The number of halogens is 8. The van der Waals surface area contributed by atoms with Crippen LogP contribution < -0.4 is 9.80 Å². The number of rotatable bonds is 3. The van der Waals surface area contributed by atoms with Gasteiger partial charge in [0.15, 0.2) is 0 Å². The summed E-state index contributed by atoms with van der Waals surface area (Å²) < 4.78 is 97.1. The van der Waals surface area contributed by atoms with E-state index in [1.54, 1.807) is 49.4 Å². The minimum absolute atomic E-state index is 0.0355. The molecule has 4 amide bonds. The molecule has 8 rings (SSSR count). The van der Waals surface area contributed by atoms with Crippen LogP contribution in [0.4, 0.5) is 42.1 Å². The van der Waals surface area contributed by atoms with Crippen molar-refractivity contribution in [1.82, 2.24) is 0 Å². The molecule has 2 saturated heterocycles. The van der Waals surface area contributed by atoms with Gasteiger partial charge in [0.2, 0.25) is 23.6 Å². The van der Waals surface area contributed by atoms with Gasteiger partial charge in [-0.2, -0.15) is 26.3 Å². The highest BCUT2D eigenvalue weighted by atomic mass is 35.5. The Kier molecular flexibility index (Phi) is 7.87. The van der Waals surface area contributed by atoms with Crippen LogP contribution in [0.3, 0.4) is 0 Å². The Balaban J connectivity index is 1.28. The first-order chi connectivity index (χ1) is 25.3. The van der Waals surface area contributed by atoms with Crippen LogP contribution in [0.2, 0.25) is 5.02 Å². The minimum atomic E-state index is -5.25. The van der Waals surface area contributed by atoms with Gasteiger partial charge < -0.3 is 5.11 Å². The Morgan fingerprint density at radius 1 is 0.778 bits per heavy atom. The summed E-state index contributed by atoms with van der Waals surface area (Å²) in [7, 11) is 0. The van der Waals surface area contributed by atoms with Gasteiger partial charge in [0.1, 0.15) is 11.6 Å². The lowest BCUT2D eigenvalue weighted by molar-refractivity contribution is -0.143. The first-order valence-corrected chi connectivity index (χ1v) is 17.1. The second-order valence-electron chi connectivity index (χ2n) is 14.3. The minimum Gasteiger partial charge on any atom is -0.507 e. The fourth-order valence-electron chi connectivity index (χ4n) is 9.06. The van der Waals surface area contributed by atoms with Crippen LogP contribution in [0.25, 0.3) is 10.8 Å². The summed E-state index contributed by atoms with van der Waals surface area (Å²) >= 11 is 6.03. The van der Waals surface area contributed by atoms with Gasteiger partial charge in [-0.3, -0.25) is 19.2 Å². The monoisotopic (exact) mass is 770 g/mol. The van der Waals surface area contributed by atoms with E-state index in [0.29, 0.717) is 33.4 Å². The molecule has 0 aromatic heterocycles. The summed E-state index contributed by atoms with van der Waals surface area (Å²) in [5.74, 6) is -10.4. The fraction of sp³-hybridized carbons (Fsp3) is 0.282. The molecule has 2 aliphatic carbocycles. The highest BCUT2D eigenvalue weighted by Crippen LogP contribution is 2.65. The molecule has 278 valence electrons. The first kappa shape index (κ1) is 35.8. The molecule has 4 aromatic carbocycles. The number of hydrogen-bond acceptors (Lipinski definition) is 5. The molecule has 3 fully saturated rings. The molecule has 1 N–H and O–H groups in total. The number of amides is 4. The molecule has 6 atom stereocenters. The van der Waals surface area contributed by atoms with Gasteiger partial charge in [-0.05, 0) is 67.5 Å². The summed E-state index contributed by atoms with van der Waals surface area (Å²) in [6.45, 7) is 1.54. The summed E-state index contributed by atoms with van der Waals surface area (Å²) in [6, 6.07) is 13.9. The molecule has 54 heavy (non-hydrogen) atoms. The van der Waals surface area contributed by atoms with Gasteiger partial charge in [-0.15, -0.1) is 0 Å². The fourth-order valence-corrected chi connectivity index (χ4v) is 9.23. The highest BCUT2D eigenvalue weighted by Gasteiger charge is 2.68. The van der Waals surface area contributed by atoms with Gasteiger partial charge in [0, 0.05) is 16.9 Å². The number of allylic oxidation sites excluding steroid dienone is 2. The number of aromatic hydroxyl groups is 1. The molecule has 2 heterocycles. The predicted octanol–water partition coefficient (Wildman–Crippen LogP) is 8.81. The lowest BCUT2D eigenvalue weighted by Crippen LogP contribution is -2.48. The van der Waals surface area contributed by atoms with Crippen LogP contribution in [0.1, 0.15) is 42.4 Å². The molecule has 0 bridgehead atoms. The van der Waals surface area contributed by atoms with Crippen molar-refractivity contribution in [2.45, 2.75) is 38.0 Å². The lowest BCUT2D eigenvalue weighted by Gasteiger charge is -2.49. The topological polar surface area (TPSA) is 95.0 Å². The van der Waals surface area contributed by atoms with Crippen molar-refractivity contribution in [3.8, 4) is 5.75 Å². The molecule has 4 aromatic rings. The van der Waals surface area contributed by atoms with Crippen molar-refractivity contribution >= 4 is 57.4 Å². The molecule has 7 nitrogen and oxygen atoms in total. The number of imide groups is 2. The maximum atomic E-state index is 14.7. The van der Waals surface area contributed by atoms with Gasteiger partial charge in [0.25, 0.3) is 0 Å². The predicted molar refractivity (Wildman–Crippen MR) is 181 cm³/mol. The number of alkyl halides is 6. The zero-order valence-corrected chi connectivity index (χ0v) is 28.6. The van der Waals surface area contributed by atoms with Crippen molar-refractivity contribution < 1.29 is 55.0 Å². The van der Waals surface area contributed by atoms with Crippen LogP contribution in [0, 0.1) is 34.9 Å². The SMILES string of the molecule is CC12C(=O)N(c3ccc(F)c(Cl)c3)C(=O)C1CC1C(=CCC3C(=O)N(c4cc(C(F)(F)F)cc(C(F)(F)F)c4)C(=O)C31)C2c1ccc2ccccc2c1O. The van der Waals surface area contributed by atoms with E-state index < -0.39 is 93.6 Å². The van der Waals surface area contributed by atoms with Crippen LogP contribution >= 0.6 is 11.6 Å². The highest BCUT2D eigenvalue weighted by molar-refractivity contribution is 6.32. The molecule has 0 radical (unpaired) electrons. The van der Waals surface area contributed by atoms with Crippen molar-refractivity contribution in [3.05, 3.63) is 112 Å². The zero-order chi connectivity index (χ0) is 38.8. The largest absolute Gasteiger partial charge is 0.507 e. The molecule has 6 unspecified atom stereocenters. The van der Waals surface area contributed by atoms with Gasteiger partial charge >= 0.3 is 12.4 Å².